The largest absolute Gasteiger partial charge is 0.251 e. The minimum atomic E-state index is -0.403. The average Bonchev–Trinajstić information content (AvgIpc) is 2.10. The Hall–Kier alpha value is -0.0800. The Labute approximate surface area is 95.0 Å². The molecule has 0 heterocycles. The zero-order valence-corrected chi connectivity index (χ0v) is 11.3. The van der Waals surface area contributed by atoms with Crippen molar-refractivity contribution in [3.63, 3.8) is 0 Å². The van der Waals surface area contributed by atoms with Crippen LogP contribution >= 0.6 is 0 Å². The summed E-state index contributed by atoms with van der Waals surface area (Å²) < 4.78 is 0. The van der Waals surface area contributed by atoms with Gasteiger partial charge in [0.25, 0.3) is 0 Å². The topological polar surface area (TPSA) is 29.5 Å². The smallest absolute Gasteiger partial charge is 0.0949 e. The van der Waals surface area contributed by atoms with E-state index in [4.69, 9.17) is 5.26 Å². The van der Waals surface area contributed by atoms with E-state index in [1.807, 2.05) is 0 Å². The van der Waals surface area contributed by atoms with E-state index in [2.05, 4.69) is 25.7 Å². The summed E-state index contributed by atoms with van der Waals surface area (Å²) in [6, 6.07) is 0. The summed E-state index contributed by atoms with van der Waals surface area (Å²) in [5, 5.41) is 7.90. The van der Waals surface area contributed by atoms with Crippen LogP contribution < -0.4 is 0 Å². The van der Waals surface area contributed by atoms with E-state index in [1.165, 1.54) is 25.7 Å². The fraction of sp³-hybridized carbons (Fsp3) is 1.00. The van der Waals surface area contributed by atoms with Crippen molar-refractivity contribution < 1.29 is 10.1 Å². The SMILES string of the molecule is CC(C)(C)OO.CC1CCCCC1(C)C. The lowest BCUT2D eigenvalue weighted by Crippen LogP contribution is -2.24. The Kier molecular flexibility index (Phi) is 5.82. The van der Waals surface area contributed by atoms with Gasteiger partial charge in [-0.1, -0.05) is 40.0 Å². The Morgan fingerprint density at radius 1 is 1.20 bits per heavy atom. The Morgan fingerprint density at radius 3 is 1.87 bits per heavy atom. The van der Waals surface area contributed by atoms with Crippen LogP contribution in [0.25, 0.3) is 0 Å². The van der Waals surface area contributed by atoms with Crippen molar-refractivity contribution in [1.29, 1.82) is 0 Å². The van der Waals surface area contributed by atoms with Gasteiger partial charge >= 0.3 is 0 Å². The van der Waals surface area contributed by atoms with Crippen LogP contribution in [0.5, 0.6) is 0 Å². The predicted octanol–water partition coefficient (Wildman–Crippen LogP) is 4.50. The van der Waals surface area contributed by atoms with Gasteiger partial charge in [-0.2, -0.15) is 0 Å². The lowest BCUT2D eigenvalue weighted by molar-refractivity contribution is -0.306. The van der Waals surface area contributed by atoms with Gasteiger partial charge in [-0.05, 0) is 38.5 Å². The molecule has 0 radical (unpaired) electrons. The predicted molar refractivity (Wildman–Crippen MR) is 64.9 cm³/mol. The molecule has 2 nitrogen and oxygen atoms in total. The first-order valence-electron chi connectivity index (χ1n) is 6.01. The fourth-order valence-corrected chi connectivity index (χ4v) is 1.67. The van der Waals surface area contributed by atoms with E-state index in [0.717, 1.165) is 5.92 Å². The molecule has 1 aliphatic rings. The molecule has 1 fully saturated rings. The van der Waals surface area contributed by atoms with E-state index in [0.29, 0.717) is 5.41 Å². The van der Waals surface area contributed by atoms with Gasteiger partial charge in [-0.15, -0.1) is 0 Å². The minimum Gasteiger partial charge on any atom is -0.251 e. The van der Waals surface area contributed by atoms with Crippen LogP contribution in [0.4, 0.5) is 0 Å². The molecule has 1 rings (SSSR count). The quantitative estimate of drug-likeness (QED) is 0.477. The highest BCUT2D eigenvalue weighted by atomic mass is 17.1. The van der Waals surface area contributed by atoms with Crippen molar-refractivity contribution in [2.24, 2.45) is 11.3 Å². The minimum absolute atomic E-state index is 0.403. The molecule has 0 aliphatic heterocycles. The zero-order chi connectivity index (χ0) is 12.1. The van der Waals surface area contributed by atoms with Gasteiger partial charge in [0.15, 0.2) is 0 Å². The summed E-state index contributed by atoms with van der Waals surface area (Å²) in [5.41, 5.74) is 0.234. The summed E-state index contributed by atoms with van der Waals surface area (Å²) in [7, 11) is 0. The molecule has 0 spiro atoms. The highest BCUT2D eigenvalue weighted by molar-refractivity contribution is 4.79. The van der Waals surface area contributed by atoms with Crippen molar-refractivity contribution in [3.05, 3.63) is 0 Å². The van der Waals surface area contributed by atoms with Crippen LogP contribution in [0, 0.1) is 11.3 Å². The molecule has 1 saturated carbocycles. The lowest BCUT2D eigenvalue weighted by Gasteiger charge is -2.36. The molecule has 0 bridgehead atoms. The second-order valence-corrected chi connectivity index (χ2v) is 6.34. The van der Waals surface area contributed by atoms with Gasteiger partial charge in [0, 0.05) is 0 Å². The van der Waals surface area contributed by atoms with Crippen LogP contribution in [-0.2, 0) is 4.89 Å². The highest BCUT2D eigenvalue weighted by Crippen LogP contribution is 2.39. The normalized spacial score (nSPS) is 25.4. The maximum atomic E-state index is 7.90. The highest BCUT2D eigenvalue weighted by Gasteiger charge is 2.27. The molecule has 92 valence electrons. The van der Waals surface area contributed by atoms with Crippen LogP contribution in [0.3, 0.4) is 0 Å². The van der Waals surface area contributed by atoms with E-state index in [9.17, 15) is 0 Å². The number of hydrogen-bond donors (Lipinski definition) is 1. The third kappa shape index (κ3) is 6.91. The van der Waals surface area contributed by atoms with Gasteiger partial charge in [-0.25, -0.2) is 4.89 Å². The first-order chi connectivity index (χ1) is 6.69. The third-order valence-electron chi connectivity index (χ3n) is 3.32. The molecule has 1 unspecified atom stereocenters. The second-order valence-electron chi connectivity index (χ2n) is 6.34. The van der Waals surface area contributed by atoms with Crippen LogP contribution in [-0.4, -0.2) is 10.9 Å². The van der Waals surface area contributed by atoms with E-state index >= 15 is 0 Å². The standard InChI is InChI=1S/C9H18.C4H10O2/c1-8-6-4-5-7-9(8,2)3;1-4(2,3)6-5/h8H,4-7H2,1-3H3;5H,1-3H3. The van der Waals surface area contributed by atoms with Crippen molar-refractivity contribution in [2.45, 2.75) is 72.8 Å². The summed E-state index contributed by atoms with van der Waals surface area (Å²) in [5.74, 6) is 0.950. The molecule has 15 heavy (non-hydrogen) atoms. The summed E-state index contributed by atoms with van der Waals surface area (Å²) in [6.45, 7) is 12.5. The van der Waals surface area contributed by atoms with Crippen molar-refractivity contribution >= 4 is 0 Å². The van der Waals surface area contributed by atoms with Crippen molar-refractivity contribution in [1.82, 2.24) is 0 Å². The molecule has 0 aromatic carbocycles. The van der Waals surface area contributed by atoms with Gasteiger partial charge in [-0.3, -0.25) is 5.26 Å². The Bertz CT molecular complexity index is 168. The third-order valence-corrected chi connectivity index (χ3v) is 3.32. The van der Waals surface area contributed by atoms with Gasteiger partial charge in [0.2, 0.25) is 0 Å². The molecule has 1 N–H and O–H groups in total. The molecular weight excluding hydrogens is 188 g/mol. The van der Waals surface area contributed by atoms with Crippen LogP contribution in [0.1, 0.15) is 67.2 Å². The summed E-state index contributed by atoms with van der Waals surface area (Å²) in [4.78, 5) is 3.94. The summed E-state index contributed by atoms with van der Waals surface area (Å²) in [6.07, 6.45) is 5.81. The maximum absolute atomic E-state index is 7.90. The molecule has 0 aromatic rings. The Morgan fingerprint density at radius 2 is 1.67 bits per heavy atom. The van der Waals surface area contributed by atoms with E-state index < -0.39 is 5.60 Å². The Balaban J connectivity index is 0.000000288. The maximum Gasteiger partial charge on any atom is 0.0949 e. The van der Waals surface area contributed by atoms with Gasteiger partial charge in [0.05, 0.1) is 5.60 Å². The zero-order valence-electron chi connectivity index (χ0n) is 11.3. The average molecular weight is 216 g/mol. The molecule has 1 atom stereocenters. The molecule has 0 amide bonds. The van der Waals surface area contributed by atoms with Crippen LogP contribution in [0.2, 0.25) is 0 Å². The second kappa shape index (κ2) is 5.86. The fourth-order valence-electron chi connectivity index (χ4n) is 1.67. The van der Waals surface area contributed by atoms with Crippen molar-refractivity contribution in [2.75, 3.05) is 0 Å². The first-order valence-corrected chi connectivity index (χ1v) is 6.01. The molecular formula is C13H28O2. The van der Waals surface area contributed by atoms with E-state index in [-0.39, 0.29) is 0 Å². The molecule has 2 heteroatoms. The van der Waals surface area contributed by atoms with Gasteiger partial charge in [0.1, 0.15) is 0 Å². The molecule has 1 aliphatic carbocycles. The molecule has 0 saturated heterocycles. The van der Waals surface area contributed by atoms with Gasteiger partial charge < -0.3 is 0 Å². The number of rotatable bonds is 0. The molecule has 0 aromatic heterocycles. The van der Waals surface area contributed by atoms with E-state index in [1.54, 1.807) is 20.8 Å². The number of hydrogen-bond acceptors (Lipinski definition) is 2. The monoisotopic (exact) mass is 216 g/mol. The first kappa shape index (κ1) is 14.9. The lowest BCUT2D eigenvalue weighted by atomic mass is 9.70. The van der Waals surface area contributed by atoms with Crippen LogP contribution in [0.15, 0.2) is 0 Å². The van der Waals surface area contributed by atoms with Crippen molar-refractivity contribution in [3.8, 4) is 0 Å². The summed E-state index contributed by atoms with van der Waals surface area (Å²) >= 11 is 0.